The first kappa shape index (κ1) is 10.7. The zero-order chi connectivity index (χ0) is 10.7. The summed E-state index contributed by atoms with van der Waals surface area (Å²) in [4.78, 5) is 0. The van der Waals surface area contributed by atoms with Gasteiger partial charge in [0.1, 0.15) is 0 Å². The standard InChI is InChI=1S/C12H17ClN2/c1-2-15-9-11(8-14-15)6-10-4-3-5-12(13)7-10/h7-9,12H,2-6H2,1H3. The smallest absolute Gasteiger partial charge is 0.0525 e. The number of hydrogen-bond acceptors (Lipinski definition) is 1. The average Bonchev–Trinajstić information content (AvgIpc) is 2.65. The third kappa shape index (κ3) is 2.85. The molecule has 0 radical (unpaired) electrons. The first-order valence-corrected chi connectivity index (χ1v) is 6.06. The van der Waals surface area contributed by atoms with Crippen LogP contribution in [0.5, 0.6) is 0 Å². The van der Waals surface area contributed by atoms with Crippen LogP contribution < -0.4 is 0 Å². The van der Waals surface area contributed by atoms with Crippen LogP contribution in [0.4, 0.5) is 0 Å². The van der Waals surface area contributed by atoms with Crippen molar-refractivity contribution in [3.63, 3.8) is 0 Å². The summed E-state index contributed by atoms with van der Waals surface area (Å²) >= 11 is 6.11. The number of hydrogen-bond donors (Lipinski definition) is 0. The molecule has 1 aliphatic carbocycles. The molecule has 0 aliphatic heterocycles. The molecule has 1 aromatic heterocycles. The lowest BCUT2D eigenvalue weighted by Crippen LogP contribution is -2.04. The molecule has 0 aromatic carbocycles. The predicted octanol–water partition coefficient (Wildman–Crippen LogP) is 3.16. The van der Waals surface area contributed by atoms with E-state index in [-0.39, 0.29) is 5.38 Å². The van der Waals surface area contributed by atoms with Gasteiger partial charge in [-0.15, -0.1) is 11.6 Å². The van der Waals surface area contributed by atoms with E-state index >= 15 is 0 Å². The first-order valence-electron chi connectivity index (χ1n) is 5.63. The van der Waals surface area contributed by atoms with E-state index in [0.29, 0.717) is 0 Å². The van der Waals surface area contributed by atoms with Gasteiger partial charge < -0.3 is 0 Å². The van der Waals surface area contributed by atoms with Gasteiger partial charge in [0.2, 0.25) is 0 Å². The lowest BCUT2D eigenvalue weighted by atomic mass is 9.95. The Morgan fingerprint density at radius 3 is 3.13 bits per heavy atom. The summed E-state index contributed by atoms with van der Waals surface area (Å²) in [6.45, 7) is 3.04. The minimum Gasteiger partial charge on any atom is -0.273 e. The molecule has 3 heteroatoms. The van der Waals surface area contributed by atoms with E-state index in [0.717, 1.165) is 19.4 Å². The SMILES string of the molecule is CCn1cc(CC2=CC(Cl)CCC2)cn1. The summed E-state index contributed by atoms with van der Waals surface area (Å²) < 4.78 is 1.97. The monoisotopic (exact) mass is 224 g/mol. The van der Waals surface area contributed by atoms with E-state index < -0.39 is 0 Å². The lowest BCUT2D eigenvalue weighted by Gasteiger charge is -2.15. The summed E-state index contributed by atoms with van der Waals surface area (Å²) in [5.41, 5.74) is 2.77. The number of rotatable bonds is 3. The van der Waals surface area contributed by atoms with Gasteiger partial charge in [0.15, 0.2) is 0 Å². The number of aryl methyl sites for hydroxylation is 1. The molecule has 2 nitrogen and oxygen atoms in total. The summed E-state index contributed by atoms with van der Waals surface area (Å²) in [5, 5.41) is 4.52. The zero-order valence-corrected chi connectivity index (χ0v) is 9.87. The van der Waals surface area contributed by atoms with Crippen molar-refractivity contribution in [3.05, 3.63) is 29.6 Å². The summed E-state index contributed by atoms with van der Waals surface area (Å²) in [6.07, 6.45) is 10.9. The molecule has 0 amide bonds. The van der Waals surface area contributed by atoms with Crippen LogP contribution in [0.25, 0.3) is 0 Å². The molecule has 0 bridgehead atoms. The fourth-order valence-corrected chi connectivity index (χ4v) is 2.36. The van der Waals surface area contributed by atoms with E-state index in [1.54, 1.807) is 0 Å². The van der Waals surface area contributed by atoms with Crippen molar-refractivity contribution < 1.29 is 0 Å². The molecular formula is C12H17ClN2. The Hall–Kier alpha value is -0.760. The largest absolute Gasteiger partial charge is 0.273 e. The van der Waals surface area contributed by atoms with Crippen molar-refractivity contribution in [2.75, 3.05) is 0 Å². The molecule has 0 saturated carbocycles. The van der Waals surface area contributed by atoms with Crippen molar-refractivity contribution in [2.24, 2.45) is 0 Å². The minimum atomic E-state index is 0.245. The lowest BCUT2D eigenvalue weighted by molar-refractivity contribution is 0.658. The maximum Gasteiger partial charge on any atom is 0.0525 e. The maximum absolute atomic E-state index is 6.11. The minimum absolute atomic E-state index is 0.245. The van der Waals surface area contributed by atoms with Crippen LogP contribution >= 0.6 is 11.6 Å². The van der Waals surface area contributed by atoms with Gasteiger partial charge in [0, 0.05) is 12.7 Å². The van der Waals surface area contributed by atoms with Crippen LogP contribution in [-0.2, 0) is 13.0 Å². The third-order valence-electron chi connectivity index (χ3n) is 2.84. The van der Waals surface area contributed by atoms with Gasteiger partial charge >= 0.3 is 0 Å². The van der Waals surface area contributed by atoms with Gasteiger partial charge in [0.25, 0.3) is 0 Å². The molecule has 0 saturated heterocycles. The topological polar surface area (TPSA) is 17.8 Å². The molecule has 82 valence electrons. The van der Waals surface area contributed by atoms with Crippen LogP contribution in [0, 0.1) is 0 Å². The molecule has 1 aromatic rings. The molecule has 1 atom stereocenters. The zero-order valence-electron chi connectivity index (χ0n) is 9.12. The highest BCUT2D eigenvalue weighted by molar-refractivity contribution is 6.21. The van der Waals surface area contributed by atoms with Crippen molar-refractivity contribution in [3.8, 4) is 0 Å². The number of aromatic nitrogens is 2. The van der Waals surface area contributed by atoms with Crippen molar-refractivity contribution in [1.29, 1.82) is 0 Å². The predicted molar refractivity (Wildman–Crippen MR) is 63.2 cm³/mol. The Bertz CT molecular complexity index is 354. The van der Waals surface area contributed by atoms with E-state index in [1.165, 1.54) is 24.0 Å². The van der Waals surface area contributed by atoms with Gasteiger partial charge in [-0.1, -0.05) is 11.6 Å². The van der Waals surface area contributed by atoms with Crippen molar-refractivity contribution in [2.45, 2.75) is 44.5 Å². The molecule has 0 spiro atoms. The third-order valence-corrected chi connectivity index (χ3v) is 3.18. The highest BCUT2D eigenvalue weighted by Gasteiger charge is 2.11. The highest BCUT2D eigenvalue weighted by Crippen LogP contribution is 2.24. The van der Waals surface area contributed by atoms with Crippen molar-refractivity contribution in [1.82, 2.24) is 9.78 Å². The second kappa shape index (κ2) is 4.84. The van der Waals surface area contributed by atoms with Gasteiger partial charge in [-0.2, -0.15) is 5.10 Å². The van der Waals surface area contributed by atoms with Crippen LogP contribution in [-0.4, -0.2) is 15.2 Å². The fourth-order valence-electron chi connectivity index (χ4n) is 2.03. The Morgan fingerprint density at radius 1 is 1.60 bits per heavy atom. The Kier molecular flexibility index (Phi) is 3.47. The number of allylic oxidation sites excluding steroid dienone is 2. The second-order valence-electron chi connectivity index (χ2n) is 4.11. The van der Waals surface area contributed by atoms with Crippen LogP contribution in [0.15, 0.2) is 24.0 Å². The first-order chi connectivity index (χ1) is 7.28. The van der Waals surface area contributed by atoms with Crippen molar-refractivity contribution >= 4 is 11.6 Å². The second-order valence-corrected chi connectivity index (χ2v) is 4.67. The Balaban J connectivity index is 2.01. The summed E-state index contributed by atoms with van der Waals surface area (Å²) in [6, 6.07) is 0. The van der Waals surface area contributed by atoms with E-state index in [4.69, 9.17) is 11.6 Å². The summed E-state index contributed by atoms with van der Waals surface area (Å²) in [7, 11) is 0. The van der Waals surface area contributed by atoms with E-state index in [2.05, 4.69) is 24.3 Å². The van der Waals surface area contributed by atoms with Gasteiger partial charge in [-0.3, -0.25) is 4.68 Å². The molecule has 0 fully saturated rings. The molecule has 1 unspecified atom stereocenters. The molecule has 1 aliphatic rings. The van der Waals surface area contributed by atoms with Gasteiger partial charge in [0.05, 0.1) is 11.6 Å². The quantitative estimate of drug-likeness (QED) is 0.570. The maximum atomic E-state index is 6.11. The number of alkyl halides is 1. The summed E-state index contributed by atoms with van der Waals surface area (Å²) in [5.74, 6) is 0. The van der Waals surface area contributed by atoms with Crippen LogP contribution in [0.2, 0.25) is 0 Å². The van der Waals surface area contributed by atoms with Crippen LogP contribution in [0.3, 0.4) is 0 Å². The Morgan fingerprint density at radius 2 is 2.47 bits per heavy atom. The van der Waals surface area contributed by atoms with Gasteiger partial charge in [-0.05, 0) is 38.2 Å². The molecule has 15 heavy (non-hydrogen) atoms. The van der Waals surface area contributed by atoms with E-state index in [1.807, 2.05) is 10.9 Å². The van der Waals surface area contributed by atoms with E-state index in [9.17, 15) is 0 Å². The molecule has 1 heterocycles. The number of halogens is 1. The fraction of sp³-hybridized carbons (Fsp3) is 0.583. The molecule has 0 N–H and O–H groups in total. The normalized spacial score (nSPS) is 21.5. The van der Waals surface area contributed by atoms with Gasteiger partial charge in [-0.25, -0.2) is 0 Å². The molecular weight excluding hydrogens is 208 g/mol. The number of nitrogens with zero attached hydrogens (tertiary/aromatic N) is 2. The highest BCUT2D eigenvalue weighted by atomic mass is 35.5. The van der Waals surface area contributed by atoms with Crippen LogP contribution in [0.1, 0.15) is 31.7 Å². The molecule has 2 rings (SSSR count). The average molecular weight is 225 g/mol. The Labute approximate surface area is 95.9 Å².